The van der Waals surface area contributed by atoms with Crippen molar-refractivity contribution in [3.05, 3.63) is 52.8 Å². The molecule has 0 aliphatic heterocycles. The van der Waals surface area contributed by atoms with Gasteiger partial charge in [0.05, 0.1) is 23.3 Å². The van der Waals surface area contributed by atoms with Crippen LogP contribution in [0.5, 0.6) is 0 Å². The lowest BCUT2D eigenvalue weighted by atomic mass is 10.1. The maximum Gasteiger partial charge on any atom is 0.255 e. The van der Waals surface area contributed by atoms with Gasteiger partial charge in [0.25, 0.3) is 5.91 Å². The van der Waals surface area contributed by atoms with Crippen LogP contribution in [0.4, 0.5) is 0 Å². The molecular formula is C19H24N4O2. The minimum atomic E-state index is -0.235. The molecule has 0 spiro atoms. The Morgan fingerprint density at radius 3 is 2.76 bits per heavy atom. The van der Waals surface area contributed by atoms with Gasteiger partial charge in [-0.15, -0.1) is 0 Å². The van der Waals surface area contributed by atoms with Crippen LogP contribution in [0.1, 0.15) is 53.5 Å². The van der Waals surface area contributed by atoms with E-state index < -0.39 is 0 Å². The number of carbonyl (C=O) groups excluding carboxylic acids is 2. The van der Waals surface area contributed by atoms with Crippen LogP contribution in [0.2, 0.25) is 0 Å². The number of nitrogens with zero attached hydrogens (tertiary/aromatic N) is 2. The number of aryl methyl sites for hydroxylation is 2. The largest absolute Gasteiger partial charge is 0.351 e. The molecule has 2 atom stereocenters. The van der Waals surface area contributed by atoms with Crippen molar-refractivity contribution in [3.63, 3.8) is 0 Å². The Kier molecular flexibility index (Phi) is 4.88. The molecule has 1 aromatic heterocycles. The summed E-state index contributed by atoms with van der Waals surface area (Å²) in [5.41, 5.74) is 3.52. The summed E-state index contributed by atoms with van der Waals surface area (Å²) in [6, 6.07) is 7.62. The van der Waals surface area contributed by atoms with Crippen LogP contribution in [0.15, 0.2) is 30.5 Å². The van der Waals surface area contributed by atoms with Gasteiger partial charge in [0.15, 0.2) is 0 Å². The SMILES string of the molecule is CCCn1cc(C(=O)N[C@@H]2c3ccccc3C[C@H]2NC(C)=O)c(C)n1. The fourth-order valence-corrected chi connectivity index (χ4v) is 3.47. The molecule has 0 radical (unpaired) electrons. The number of aromatic nitrogens is 2. The van der Waals surface area contributed by atoms with Crippen LogP contribution in [0.3, 0.4) is 0 Å². The van der Waals surface area contributed by atoms with Gasteiger partial charge in [-0.2, -0.15) is 5.10 Å². The van der Waals surface area contributed by atoms with Gasteiger partial charge in [0.1, 0.15) is 0 Å². The van der Waals surface area contributed by atoms with Crippen molar-refractivity contribution in [2.24, 2.45) is 0 Å². The van der Waals surface area contributed by atoms with Gasteiger partial charge in [-0.25, -0.2) is 0 Å². The highest BCUT2D eigenvalue weighted by atomic mass is 16.2. The molecule has 1 aliphatic carbocycles. The van der Waals surface area contributed by atoms with Crippen molar-refractivity contribution in [2.45, 2.75) is 52.2 Å². The van der Waals surface area contributed by atoms with Gasteiger partial charge in [-0.05, 0) is 30.9 Å². The van der Waals surface area contributed by atoms with E-state index >= 15 is 0 Å². The number of nitrogens with one attached hydrogen (secondary N) is 2. The molecule has 0 bridgehead atoms. The molecule has 132 valence electrons. The van der Waals surface area contributed by atoms with Crippen molar-refractivity contribution in [1.82, 2.24) is 20.4 Å². The fourth-order valence-electron chi connectivity index (χ4n) is 3.47. The highest BCUT2D eigenvalue weighted by Crippen LogP contribution is 2.31. The summed E-state index contributed by atoms with van der Waals surface area (Å²) >= 11 is 0. The normalized spacial score (nSPS) is 18.7. The molecular weight excluding hydrogens is 316 g/mol. The van der Waals surface area contributed by atoms with E-state index in [9.17, 15) is 9.59 Å². The Balaban J connectivity index is 1.83. The molecule has 0 saturated heterocycles. The number of amides is 2. The second-order valence-corrected chi connectivity index (χ2v) is 6.55. The molecule has 6 nitrogen and oxygen atoms in total. The van der Waals surface area contributed by atoms with Gasteiger partial charge >= 0.3 is 0 Å². The average molecular weight is 340 g/mol. The zero-order valence-electron chi connectivity index (χ0n) is 14.9. The summed E-state index contributed by atoms with van der Waals surface area (Å²) in [4.78, 5) is 24.3. The van der Waals surface area contributed by atoms with Crippen molar-refractivity contribution < 1.29 is 9.59 Å². The smallest absolute Gasteiger partial charge is 0.255 e. The third kappa shape index (κ3) is 3.57. The second kappa shape index (κ2) is 7.09. The first-order valence-electron chi connectivity index (χ1n) is 8.69. The van der Waals surface area contributed by atoms with Gasteiger partial charge in [0, 0.05) is 19.7 Å². The lowest BCUT2D eigenvalue weighted by molar-refractivity contribution is -0.119. The average Bonchev–Trinajstić information content (AvgIpc) is 3.08. The molecule has 3 rings (SSSR count). The van der Waals surface area contributed by atoms with Gasteiger partial charge < -0.3 is 10.6 Å². The number of carbonyl (C=O) groups is 2. The third-order valence-electron chi connectivity index (χ3n) is 4.55. The molecule has 6 heteroatoms. The molecule has 2 aromatic rings. The van der Waals surface area contributed by atoms with E-state index in [2.05, 4.69) is 22.7 Å². The standard InChI is InChI=1S/C19H24N4O2/c1-4-9-23-11-16(12(2)22-23)19(25)21-18-15-8-6-5-7-14(15)10-17(18)20-13(3)24/h5-8,11,17-18H,4,9-10H2,1-3H3,(H,20,24)(H,21,25)/t17-,18-/m1/s1. The van der Waals surface area contributed by atoms with Crippen molar-refractivity contribution in [3.8, 4) is 0 Å². The molecule has 0 saturated carbocycles. The molecule has 2 N–H and O–H groups in total. The summed E-state index contributed by atoms with van der Waals surface area (Å²) in [7, 11) is 0. The van der Waals surface area contributed by atoms with Crippen molar-refractivity contribution >= 4 is 11.8 Å². The predicted molar refractivity (Wildman–Crippen MR) is 95.2 cm³/mol. The summed E-state index contributed by atoms with van der Waals surface area (Å²) in [5.74, 6) is -0.249. The van der Waals surface area contributed by atoms with Crippen molar-refractivity contribution in [2.75, 3.05) is 0 Å². The monoisotopic (exact) mass is 340 g/mol. The molecule has 1 heterocycles. The van der Waals surface area contributed by atoms with E-state index in [0.29, 0.717) is 11.3 Å². The Hall–Kier alpha value is -2.63. The van der Waals surface area contributed by atoms with E-state index in [1.165, 1.54) is 6.92 Å². The maximum atomic E-state index is 12.8. The topological polar surface area (TPSA) is 76.0 Å². The van der Waals surface area contributed by atoms with Crippen LogP contribution >= 0.6 is 0 Å². The van der Waals surface area contributed by atoms with E-state index in [-0.39, 0.29) is 23.9 Å². The number of rotatable bonds is 5. The third-order valence-corrected chi connectivity index (χ3v) is 4.55. The number of hydrogen-bond acceptors (Lipinski definition) is 3. The van der Waals surface area contributed by atoms with Crippen LogP contribution in [0, 0.1) is 6.92 Å². The number of fused-ring (bicyclic) bond motifs is 1. The van der Waals surface area contributed by atoms with Crippen LogP contribution in [0.25, 0.3) is 0 Å². The first kappa shape index (κ1) is 17.2. The van der Waals surface area contributed by atoms with Crippen molar-refractivity contribution in [1.29, 1.82) is 0 Å². The quantitative estimate of drug-likeness (QED) is 0.875. The van der Waals surface area contributed by atoms with E-state index in [1.54, 1.807) is 10.9 Å². The van der Waals surface area contributed by atoms with Crippen LogP contribution in [-0.4, -0.2) is 27.6 Å². The van der Waals surface area contributed by atoms with E-state index in [4.69, 9.17) is 0 Å². The Labute approximate surface area is 147 Å². The summed E-state index contributed by atoms with van der Waals surface area (Å²) in [6.45, 7) is 6.20. The first-order chi connectivity index (χ1) is 12.0. The number of hydrogen-bond donors (Lipinski definition) is 2. The highest BCUT2D eigenvalue weighted by Gasteiger charge is 2.34. The Morgan fingerprint density at radius 1 is 1.28 bits per heavy atom. The first-order valence-corrected chi connectivity index (χ1v) is 8.69. The molecule has 0 unspecified atom stereocenters. The van der Waals surface area contributed by atoms with Crippen LogP contribution < -0.4 is 10.6 Å². The van der Waals surface area contributed by atoms with Crippen LogP contribution in [-0.2, 0) is 17.8 Å². The van der Waals surface area contributed by atoms with Gasteiger partial charge in [0.2, 0.25) is 5.91 Å². The zero-order valence-corrected chi connectivity index (χ0v) is 14.9. The Morgan fingerprint density at radius 2 is 2.04 bits per heavy atom. The number of benzene rings is 1. The molecule has 25 heavy (non-hydrogen) atoms. The molecule has 0 fully saturated rings. The molecule has 1 aromatic carbocycles. The predicted octanol–water partition coefficient (Wildman–Crippen LogP) is 2.13. The summed E-state index contributed by atoms with van der Waals surface area (Å²) in [5, 5.41) is 10.5. The lowest BCUT2D eigenvalue weighted by Gasteiger charge is -2.22. The molecule has 2 amide bonds. The minimum absolute atomic E-state index is 0.0935. The molecule has 1 aliphatic rings. The highest BCUT2D eigenvalue weighted by molar-refractivity contribution is 5.95. The van der Waals surface area contributed by atoms with E-state index in [1.807, 2.05) is 31.2 Å². The lowest BCUT2D eigenvalue weighted by Crippen LogP contribution is -2.43. The summed E-state index contributed by atoms with van der Waals surface area (Å²) < 4.78 is 1.80. The summed E-state index contributed by atoms with van der Waals surface area (Å²) in [6.07, 6.45) is 3.47. The second-order valence-electron chi connectivity index (χ2n) is 6.55. The zero-order chi connectivity index (χ0) is 18.0. The van der Waals surface area contributed by atoms with E-state index in [0.717, 1.165) is 30.5 Å². The van der Waals surface area contributed by atoms with Gasteiger partial charge in [-0.3, -0.25) is 14.3 Å². The van der Waals surface area contributed by atoms with Gasteiger partial charge in [-0.1, -0.05) is 31.2 Å². The minimum Gasteiger partial charge on any atom is -0.351 e. The fraction of sp³-hybridized carbons (Fsp3) is 0.421. The Bertz CT molecular complexity index is 796. The maximum absolute atomic E-state index is 12.8.